The SMILES string of the molecule is COC(=O)C(C)Cc1ccc(SCCC[C@H](/C=C/C(C)C)CC(C)=O)cc1. The lowest BCUT2D eigenvalue weighted by atomic mass is 9.96. The van der Waals surface area contributed by atoms with Gasteiger partial charge in [-0.3, -0.25) is 4.79 Å². The van der Waals surface area contributed by atoms with Gasteiger partial charge in [0.25, 0.3) is 0 Å². The predicted octanol–water partition coefficient (Wildman–Crippen LogP) is 5.72. The molecule has 0 saturated heterocycles. The van der Waals surface area contributed by atoms with Crippen LogP contribution in [0.25, 0.3) is 0 Å². The summed E-state index contributed by atoms with van der Waals surface area (Å²) >= 11 is 1.84. The molecule has 0 aliphatic carbocycles. The van der Waals surface area contributed by atoms with Crippen LogP contribution >= 0.6 is 11.8 Å². The minimum absolute atomic E-state index is 0.120. The third-order valence-corrected chi connectivity index (χ3v) is 5.47. The van der Waals surface area contributed by atoms with Gasteiger partial charge in [0.2, 0.25) is 0 Å². The molecule has 0 aliphatic heterocycles. The van der Waals surface area contributed by atoms with E-state index in [1.54, 1.807) is 6.92 Å². The lowest BCUT2D eigenvalue weighted by Gasteiger charge is -2.12. The first kappa shape index (κ1) is 23.5. The molecule has 1 aromatic rings. The van der Waals surface area contributed by atoms with Crippen LogP contribution in [0.1, 0.15) is 52.5 Å². The molecular formula is C23H34O3S. The zero-order valence-electron chi connectivity index (χ0n) is 17.4. The zero-order valence-corrected chi connectivity index (χ0v) is 18.2. The quantitative estimate of drug-likeness (QED) is 0.198. The molecule has 1 rings (SSSR count). The average molecular weight is 391 g/mol. The summed E-state index contributed by atoms with van der Waals surface area (Å²) in [7, 11) is 1.43. The van der Waals surface area contributed by atoms with Crippen LogP contribution in [0.5, 0.6) is 0 Å². The van der Waals surface area contributed by atoms with Gasteiger partial charge in [0.15, 0.2) is 0 Å². The second kappa shape index (κ2) is 12.8. The van der Waals surface area contributed by atoms with Crippen LogP contribution in [-0.4, -0.2) is 24.6 Å². The molecule has 3 nitrogen and oxygen atoms in total. The summed E-state index contributed by atoms with van der Waals surface area (Å²) in [5.41, 5.74) is 1.15. The smallest absolute Gasteiger partial charge is 0.308 e. The number of allylic oxidation sites excluding steroid dienone is 2. The van der Waals surface area contributed by atoms with Gasteiger partial charge in [-0.2, -0.15) is 0 Å². The molecule has 0 heterocycles. The fourth-order valence-electron chi connectivity index (χ4n) is 2.91. The number of carbonyl (C=O) groups excluding carboxylic acids is 2. The first-order valence-electron chi connectivity index (χ1n) is 9.79. The van der Waals surface area contributed by atoms with Crippen LogP contribution in [0.15, 0.2) is 41.3 Å². The summed E-state index contributed by atoms with van der Waals surface area (Å²) in [6, 6.07) is 8.42. The van der Waals surface area contributed by atoms with Gasteiger partial charge in [0.1, 0.15) is 5.78 Å². The van der Waals surface area contributed by atoms with Gasteiger partial charge in [0.05, 0.1) is 13.0 Å². The molecule has 1 unspecified atom stereocenters. The number of hydrogen-bond donors (Lipinski definition) is 0. The van der Waals surface area contributed by atoms with E-state index >= 15 is 0 Å². The molecule has 150 valence electrons. The topological polar surface area (TPSA) is 43.4 Å². The van der Waals surface area contributed by atoms with Crippen molar-refractivity contribution in [1.29, 1.82) is 0 Å². The van der Waals surface area contributed by atoms with Crippen molar-refractivity contribution in [3.63, 3.8) is 0 Å². The maximum atomic E-state index is 11.5. The highest BCUT2D eigenvalue weighted by Crippen LogP contribution is 2.23. The summed E-state index contributed by atoms with van der Waals surface area (Å²) in [6.07, 6.45) is 7.90. The molecular weight excluding hydrogens is 356 g/mol. The number of rotatable bonds is 12. The number of methoxy groups -OCH3 is 1. The molecule has 0 fully saturated rings. The van der Waals surface area contributed by atoms with Crippen molar-refractivity contribution in [2.75, 3.05) is 12.9 Å². The van der Waals surface area contributed by atoms with E-state index in [0.29, 0.717) is 24.7 Å². The Balaban J connectivity index is 2.42. The van der Waals surface area contributed by atoms with Gasteiger partial charge in [-0.1, -0.05) is 45.1 Å². The lowest BCUT2D eigenvalue weighted by molar-refractivity contribution is -0.144. The van der Waals surface area contributed by atoms with Gasteiger partial charge in [0, 0.05) is 11.3 Å². The molecule has 1 aromatic carbocycles. The number of ether oxygens (including phenoxy) is 1. The fraction of sp³-hybridized carbons (Fsp3) is 0.565. The Morgan fingerprint density at radius 2 is 1.78 bits per heavy atom. The van der Waals surface area contributed by atoms with Crippen LogP contribution < -0.4 is 0 Å². The van der Waals surface area contributed by atoms with Crippen molar-refractivity contribution in [3.05, 3.63) is 42.0 Å². The van der Waals surface area contributed by atoms with Crippen molar-refractivity contribution in [3.8, 4) is 0 Å². The highest BCUT2D eigenvalue weighted by Gasteiger charge is 2.13. The molecule has 0 bridgehead atoms. The van der Waals surface area contributed by atoms with Crippen LogP contribution in [-0.2, 0) is 20.7 Å². The normalized spacial score (nSPS) is 13.7. The second-order valence-electron chi connectivity index (χ2n) is 7.56. The number of ketones is 1. The average Bonchev–Trinajstić information content (AvgIpc) is 2.63. The van der Waals surface area contributed by atoms with E-state index in [9.17, 15) is 9.59 Å². The molecule has 0 aromatic heterocycles. The second-order valence-corrected chi connectivity index (χ2v) is 8.73. The van der Waals surface area contributed by atoms with Crippen molar-refractivity contribution in [1.82, 2.24) is 0 Å². The standard InChI is InChI=1S/C23H34O3S/c1-17(2)8-9-20(16-19(4)24)7-6-14-27-22-12-10-21(11-13-22)15-18(3)23(25)26-5/h8-13,17-18,20H,6-7,14-16H2,1-5H3/b9-8+/t18?,20-/m1/s1. The summed E-state index contributed by atoms with van der Waals surface area (Å²) in [5, 5.41) is 0. The Morgan fingerprint density at radius 3 is 2.33 bits per heavy atom. The Morgan fingerprint density at radius 1 is 1.11 bits per heavy atom. The van der Waals surface area contributed by atoms with E-state index in [1.165, 1.54) is 12.0 Å². The highest BCUT2D eigenvalue weighted by atomic mass is 32.2. The van der Waals surface area contributed by atoms with E-state index in [4.69, 9.17) is 4.74 Å². The summed E-state index contributed by atoms with van der Waals surface area (Å²) < 4.78 is 4.78. The number of carbonyl (C=O) groups is 2. The molecule has 0 saturated carbocycles. The van der Waals surface area contributed by atoms with Gasteiger partial charge in [-0.05, 0) is 61.5 Å². The molecule has 4 heteroatoms. The third-order valence-electron chi connectivity index (χ3n) is 4.37. The maximum Gasteiger partial charge on any atom is 0.308 e. The molecule has 0 spiro atoms. The molecule has 0 aliphatic rings. The van der Waals surface area contributed by atoms with Gasteiger partial charge < -0.3 is 9.53 Å². The highest BCUT2D eigenvalue weighted by molar-refractivity contribution is 7.99. The van der Waals surface area contributed by atoms with E-state index in [1.807, 2.05) is 18.7 Å². The number of esters is 1. The van der Waals surface area contributed by atoms with E-state index in [-0.39, 0.29) is 17.7 Å². The van der Waals surface area contributed by atoms with Crippen molar-refractivity contribution >= 4 is 23.5 Å². The van der Waals surface area contributed by atoms with E-state index in [2.05, 4.69) is 50.3 Å². The van der Waals surface area contributed by atoms with E-state index < -0.39 is 0 Å². The summed E-state index contributed by atoms with van der Waals surface area (Å²) in [5.74, 6) is 1.90. The maximum absolute atomic E-state index is 11.5. The molecule has 2 atom stereocenters. The number of Topliss-reactive ketones (excluding diaryl/α,β-unsaturated/α-hetero) is 1. The Bertz CT molecular complexity index is 605. The van der Waals surface area contributed by atoms with Gasteiger partial charge in [-0.25, -0.2) is 0 Å². The summed E-state index contributed by atoms with van der Waals surface area (Å²) in [6.45, 7) is 7.88. The zero-order chi connectivity index (χ0) is 20.2. The largest absolute Gasteiger partial charge is 0.469 e. The minimum Gasteiger partial charge on any atom is -0.469 e. The van der Waals surface area contributed by atoms with Gasteiger partial charge in [-0.15, -0.1) is 11.8 Å². The van der Waals surface area contributed by atoms with Crippen LogP contribution in [0.3, 0.4) is 0 Å². The van der Waals surface area contributed by atoms with E-state index in [0.717, 1.165) is 24.2 Å². The number of benzene rings is 1. The van der Waals surface area contributed by atoms with Crippen molar-refractivity contribution < 1.29 is 14.3 Å². The Kier molecular flexibility index (Phi) is 11.1. The van der Waals surface area contributed by atoms with Crippen molar-refractivity contribution in [2.24, 2.45) is 17.8 Å². The van der Waals surface area contributed by atoms with Crippen LogP contribution in [0.2, 0.25) is 0 Å². The summed E-state index contributed by atoms with van der Waals surface area (Å²) in [4.78, 5) is 24.2. The number of thioether (sulfide) groups is 1. The Hall–Kier alpha value is -1.55. The molecule has 0 amide bonds. The number of hydrogen-bond acceptors (Lipinski definition) is 4. The first-order valence-corrected chi connectivity index (χ1v) is 10.8. The monoisotopic (exact) mass is 390 g/mol. The molecule has 0 radical (unpaired) electrons. The van der Waals surface area contributed by atoms with Crippen LogP contribution in [0, 0.1) is 17.8 Å². The van der Waals surface area contributed by atoms with Crippen molar-refractivity contribution in [2.45, 2.75) is 58.3 Å². The van der Waals surface area contributed by atoms with Gasteiger partial charge >= 0.3 is 5.97 Å². The Labute approximate surface area is 169 Å². The minimum atomic E-state index is -0.167. The molecule has 27 heavy (non-hydrogen) atoms. The molecule has 0 N–H and O–H groups in total. The predicted molar refractivity (Wildman–Crippen MR) is 114 cm³/mol. The first-order chi connectivity index (χ1) is 12.8. The third kappa shape index (κ3) is 10.4. The lowest BCUT2D eigenvalue weighted by Crippen LogP contribution is -2.14. The fourth-order valence-corrected chi connectivity index (χ4v) is 3.79. The van der Waals surface area contributed by atoms with Crippen LogP contribution in [0.4, 0.5) is 0 Å².